The van der Waals surface area contributed by atoms with Gasteiger partial charge in [-0.15, -0.1) is 0 Å². The Bertz CT molecular complexity index is 809. The van der Waals surface area contributed by atoms with Gasteiger partial charge < -0.3 is 19.3 Å². The molecule has 2 aliphatic rings. The molecule has 2 aromatic rings. The Kier molecular flexibility index (Phi) is 5.81. The van der Waals surface area contributed by atoms with Gasteiger partial charge in [0, 0.05) is 30.0 Å². The molecule has 5 heteroatoms. The molecule has 1 saturated heterocycles. The van der Waals surface area contributed by atoms with Crippen LogP contribution in [0.2, 0.25) is 0 Å². The summed E-state index contributed by atoms with van der Waals surface area (Å²) in [5.41, 5.74) is 1.88. The fourth-order valence-electron chi connectivity index (χ4n) is 3.93. The molecule has 0 aromatic heterocycles. The molecular formula is C23H27FN2O2. The molecule has 0 bridgehead atoms. The molecule has 1 fully saturated rings. The summed E-state index contributed by atoms with van der Waals surface area (Å²) in [5, 5.41) is 0. The second-order valence-corrected chi connectivity index (χ2v) is 7.46. The molecule has 2 heterocycles. The normalized spacial score (nSPS) is 21.9. The van der Waals surface area contributed by atoms with Crippen molar-refractivity contribution in [1.82, 2.24) is 4.90 Å². The standard InChI is InChI=1S/C23H27FN2O2/c1-18-5-3-12-25(18)13-4-15-27-22-7-2-6-19(17-22)23-26(14-16-28-23)21-10-8-20(24)9-11-21/h2,6-11,14,16-18,23H,3-5,12-13,15H2,1H3. The second kappa shape index (κ2) is 8.65. The van der Waals surface area contributed by atoms with E-state index in [4.69, 9.17) is 9.47 Å². The van der Waals surface area contributed by atoms with Crippen LogP contribution in [0.5, 0.6) is 5.75 Å². The zero-order valence-corrected chi connectivity index (χ0v) is 16.3. The predicted octanol–water partition coefficient (Wildman–Crippen LogP) is 5.09. The first-order chi connectivity index (χ1) is 13.7. The molecule has 4 nitrogen and oxygen atoms in total. The number of nitrogens with zero attached hydrogens (tertiary/aromatic N) is 2. The maximum Gasteiger partial charge on any atom is 0.201 e. The number of benzene rings is 2. The lowest BCUT2D eigenvalue weighted by molar-refractivity contribution is 0.174. The van der Waals surface area contributed by atoms with Gasteiger partial charge in [-0.2, -0.15) is 0 Å². The van der Waals surface area contributed by atoms with Gasteiger partial charge >= 0.3 is 0 Å². The Morgan fingerprint density at radius 3 is 2.82 bits per heavy atom. The lowest BCUT2D eigenvalue weighted by Gasteiger charge is -2.25. The number of likely N-dealkylation sites (tertiary alicyclic amines) is 1. The minimum atomic E-state index is -0.278. The molecular weight excluding hydrogens is 355 g/mol. The van der Waals surface area contributed by atoms with Crippen molar-refractivity contribution in [3.8, 4) is 5.75 Å². The zero-order chi connectivity index (χ0) is 19.3. The largest absolute Gasteiger partial charge is 0.494 e. The van der Waals surface area contributed by atoms with E-state index in [0.29, 0.717) is 12.6 Å². The van der Waals surface area contributed by atoms with Crippen LogP contribution in [0.1, 0.15) is 38.0 Å². The monoisotopic (exact) mass is 382 g/mol. The highest BCUT2D eigenvalue weighted by atomic mass is 19.1. The van der Waals surface area contributed by atoms with Crippen LogP contribution in [0.4, 0.5) is 10.1 Å². The average Bonchev–Trinajstić information content (AvgIpc) is 3.35. The van der Waals surface area contributed by atoms with Crippen LogP contribution in [0.3, 0.4) is 0 Å². The van der Waals surface area contributed by atoms with Crippen LogP contribution in [0.15, 0.2) is 61.0 Å². The van der Waals surface area contributed by atoms with Crippen molar-refractivity contribution in [3.63, 3.8) is 0 Å². The van der Waals surface area contributed by atoms with Crippen molar-refractivity contribution in [1.29, 1.82) is 0 Å². The first-order valence-electron chi connectivity index (χ1n) is 10.0. The maximum absolute atomic E-state index is 13.2. The third-order valence-electron chi connectivity index (χ3n) is 5.50. The number of halogens is 1. The van der Waals surface area contributed by atoms with E-state index in [-0.39, 0.29) is 12.0 Å². The van der Waals surface area contributed by atoms with E-state index >= 15 is 0 Å². The van der Waals surface area contributed by atoms with Gasteiger partial charge in [-0.3, -0.25) is 0 Å². The quantitative estimate of drug-likeness (QED) is 0.623. The summed E-state index contributed by atoms with van der Waals surface area (Å²) in [6, 6.07) is 15.1. The van der Waals surface area contributed by atoms with E-state index in [2.05, 4.69) is 11.8 Å². The number of ether oxygens (including phenoxy) is 2. The van der Waals surface area contributed by atoms with Crippen molar-refractivity contribution in [2.45, 2.75) is 38.5 Å². The first kappa shape index (κ1) is 18.8. The molecule has 28 heavy (non-hydrogen) atoms. The summed E-state index contributed by atoms with van der Waals surface area (Å²) >= 11 is 0. The minimum absolute atomic E-state index is 0.247. The van der Waals surface area contributed by atoms with Gasteiger partial charge in [0.05, 0.1) is 6.61 Å². The molecule has 0 amide bonds. The van der Waals surface area contributed by atoms with Gasteiger partial charge in [-0.1, -0.05) is 12.1 Å². The van der Waals surface area contributed by atoms with Crippen LogP contribution in [-0.4, -0.2) is 30.6 Å². The van der Waals surface area contributed by atoms with E-state index in [1.54, 1.807) is 18.4 Å². The lowest BCUT2D eigenvalue weighted by Crippen LogP contribution is -2.28. The molecule has 2 unspecified atom stereocenters. The van der Waals surface area contributed by atoms with Crippen molar-refractivity contribution in [2.75, 3.05) is 24.6 Å². The van der Waals surface area contributed by atoms with Crippen molar-refractivity contribution in [2.24, 2.45) is 0 Å². The summed E-state index contributed by atoms with van der Waals surface area (Å²) in [4.78, 5) is 4.52. The summed E-state index contributed by atoms with van der Waals surface area (Å²) < 4.78 is 25.0. The molecule has 0 radical (unpaired) electrons. The van der Waals surface area contributed by atoms with Gasteiger partial charge in [-0.25, -0.2) is 4.39 Å². The summed E-state index contributed by atoms with van der Waals surface area (Å²) in [6.07, 6.45) is 6.89. The summed E-state index contributed by atoms with van der Waals surface area (Å²) in [5.74, 6) is 0.602. The highest BCUT2D eigenvalue weighted by molar-refractivity contribution is 5.52. The lowest BCUT2D eigenvalue weighted by atomic mass is 10.1. The van der Waals surface area contributed by atoms with Gasteiger partial charge in [-0.05, 0) is 69.1 Å². The number of anilines is 1. The summed E-state index contributed by atoms with van der Waals surface area (Å²) in [7, 11) is 0. The molecule has 0 N–H and O–H groups in total. The molecule has 148 valence electrons. The Labute approximate surface area is 166 Å². The molecule has 2 aliphatic heterocycles. The SMILES string of the molecule is CC1CCCN1CCCOc1cccc(C2OC=CN2c2ccc(F)cc2)c1. The third kappa shape index (κ3) is 4.30. The smallest absolute Gasteiger partial charge is 0.201 e. The van der Waals surface area contributed by atoms with E-state index in [9.17, 15) is 4.39 Å². The molecule has 2 atom stereocenters. The molecule has 0 saturated carbocycles. The van der Waals surface area contributed by atoms with E-state index in [1.165, 1.54) is 31.5 Å². The van der Waals surface area contributed by atoms with Gasteiger partial charge in [0.1, 0.15) is 17.8 Å². The highest BCUT2D eigenvalue weighted by Crippen LogP contribution is 2.34. The number of rotatable bonds is 7. The van der Waals surface area contributed by atoms with Crippen molar-refractivity contribution in [3.05, 3.63) is 72.4 Å². The highest BCUT2D eigenvalue weighted by Gasteiger charge is 2.24. The fraction of sp³-hybridized carbons (Fsp3) is 0.391. The average molecular weight is 382 g/mol. The molecule has 4 rings (SSSR count). The van der Waals surface area contributed by atoms with Crippen LogP contribution >= 0.6 is 0 Å². The van der Waals surface area contributed by atoms with Crippen molar-refractivity contribution < 1.29 is 13.9 Å². The Hall–Kier alpha value is -2.53. The van der Waals surface area contributed by atoms with Gasteiger partial charge in [0.15, 0.2) is 0 Å². The third-order valence-corrected chi connectivity index (χ3v) is 5.50. The van der Waals surface area contributed by atoms with Crippen LogP contribution < -0.4 is 9.64 Å². The fourth-order valence-corrected chi connectivity index (χ4v) is 3.93. The van der Waals surface area contributed by atoms with E-state index < -0.39 is 0 Å². The second-order valence-electron chi connectivity index (χ2n) is 7.46. The molecule has 0 spiro atoms. The Morgan fingerprint density at radius 1 is 1.18 bits per heavy atom. The predicted molar refractivity (Wildman–Crippen MR) is 109 cm³/mol. The topological polar surface area (TPSA) is 24.9 Å². The molecule has 2 aromatic carbocycles. The Morgan fingerprint density at radius 2 is 2.04 bits per heavy atom. The number of hydrogen-bond donors (Lipinski definition) is 0. The van der Waals surface area contributed by atoms with Crippen molar-refractivity contribution >= 4 is 5.69 Å². The first-order valence-corrected chi connectivity index (χ1v) is 10.0. The van der Waals surface area contributed by atoms with E-state index in [1.807, 2.05) is 35.4 Å². The summed E-state index contributed by atoms with van der Waals surface area (Å²) in [6.45, 7) is 5.31. The van der Waals surface area contributed by atoms with Gasteiger partial charge in [0.2, 0.25) is 6.23 Å². The zero-order valence-electron chi connectivity index (χ0n) is 16.3. The van der Waals surface area contributed by atoms with Crippen LogP contribution in [-0.2, 0) is 4.74 Å². The molecule has 0 aliphatic carbocycles. The Balaban J connectivity index is 1.35. The van der Waals surface area contributed by atoms with E-state index in [0.717, 1.165) is 30.0 Å². The number of hydrogen-bond acceptors (Lipinski definition) is 4. The maximum atomic E-state index is 13.2. The van der Waals surface area contributed by atoms with Crippen LogP contribution in [0.25, 0.3) is 0 Å². The minimum Gasteiger partial charge on any atom is -0.494 e. The van der Waals surface area contributed by atoms with Crippen LogP contribution in [0, 0.1) is 5.82 Å². The van der Waals surface area contributed by atoms with Gasteiger partial charge in [0.25, 0.3) is 0 Å².